The van der Waals surface area contributed by atoms with Crippen molar-refractivity contribution >= 4 is 16.0 Å². The van der Waals surface area contributed by atoms with Crippen LogP contribution in [0.4, 0.5) is 0 Å². The number of nitrogens with zero attached hydrogens (tertiary/aromatic N) is 2. The SMILES string of the molecule is CCN(CC)S(=O)(=O)c1cc(C(=O)[O-])n(C)c1. The molecule has 0 aromatic carbocycles. The zero-order valence-electron chi connectivity index (χ0n) is 10.0. The molecule has 7 heteroatoms. The van der Waals surface area contributed by atoms with E-state index in [1.807, 2.05) is 0 Å². The zero-order valence-corrected chi connectivity index (χ0v) is 10.8. The molecule has 0 saturated heterocycles. The van der Waals surface area contributed by atoms with Gasteiger partial charge in [0.25, 0.3) is 0 Å². The van der Waals surface area contributed by atoms with E-state index in [0.717, 1.165) is 6.07 Å². The van der Waals surface area contributed by atoms with Crippen LogP contribution in [0.5, 0.6) is 0 Å². The van der Waals surface area contributed by atoms with Gasteiger partial charge in [-0.3, -0.25) is 0 Å². The number of carbonyl (C=O) groups excluding carboxylic acids is 1. The van der Waals surface area contributed by atoms with Crippen molar-refractivity contribution in [2.75, 3.05) is 13.1 Å². The number of hydrogen-bond acceptors (Lipinski definition) is 4. The minimum atomic E-state index is -3.61. The van der Waals surface area contributed by atoms with Crippen LogP contribution in [-0.2, 0) is 17.1 Å². The lowest BCUT2D eigenvalue weighted by Gasteiger charge is -2.17. The van der Waals surface area contributed by atoms with E-state index in [4.69, 9.17) is 0 Å². The molecular weight excluding hydrogens is 244 g/mol. The topological polar surface area (TPSA) is 82.4 Å². The Morgan fingerprint density at radius 1 is 1.41 bits per heavy atom. The van der Waals surface area contributed by atoms with Gasteiger partial charge in [-0.15, -0.1) is 0 Å². The van der Waals surface area contributed by atoms with Crippen LogP contribution in [0.1, 0.15) is 24.3 Å². The lowest BCUT2D eigenvalue weighted by Crippen LogP contribution is -2.30. The molecule has 0 fully saturated rings. The smallest absolute Gasteiger partial charge is 0.244 e. The largest absolute Gasteiger partial charge is 0.543 e. The second-order valence-electron chi connectivity index (χ2n) is 3.55. The summed E-state index contributed by atoms with van der Waals surface area (Å²) in [5.74, 6) is -1.39. The molecule has 0 radical (unpaired) electrons. The first-order valence-corrected chi connectivity index (χ1v) is 6.66. The zero-order chi connectivity index (χ0) is 13.2. The molecule has 1 aromatic rings. The predicted molar refractivity (Wildman–Crippen MR) is 59.9 cm³/mol. The summed E-state index contributed by atoms with van der Waals surface area (Å²) in [6.45, 7) is 4.13. The average molecular weight is 259 g/mol. The third kappa shape index (κ3) is 2.50. The molecule has 0 N–H and O–H groups in total. The van der Waals surface area contributed by atoms with Crippen molar-refractivity contribution in [1.82, 2.24) is 8.87 Å². The fourth-order valence-electron chi connectivity index (χ4n) is 1.59. The highest BCUT2D eigenvalue weighted by atomic mass is 32.2. The Morgan fingerprint density at radius 3 is 2.29 bits per heavy atom. The first-order valence-electron chi connectivity index (χ1n) is 5.22. The van der Waals surface area contributed by atoms with Crippen LogP contribution in [0.15, 0.2) is 17.2 Å². The predicted octanol–water partition coefficient (Wildman–Crippen LogP) is -0.581. The Labute approximate surface area is 101 Å². The Hall–Kier alpha value is -1.34. The second-order valence-corrected chi connectivity index (χ2v) is 5.49. The number of aryl methyl sites for hydroxylation is 1. The van der Waals surface area contributed by atoms with E-state index in [-0.39, 0.29) is 10.6 Å². The standard InChI is InChI=1S/C10H16N2O4S/c1-4-12(5-2)17(15,16)8-6-9(10(13)14)11(3)7-8/h6-7H,4-5H2,1-3H3,(H,13,14)/p-1. The van der Waals surface area contributed by atoms with E-state index in [9.17, 15) is 18.3 Å². The molecule has 0 aliphatic heterocycles. The van der Waals surface area contributed by atoms with Gasteiger partial charge in [0.1, 0.15) is 4.90 Å². The molecule has 6 nitrogen and oxygen atoms in total. The van der Waals surface area contributed by atoms with Crippen LogP contribution in [0.2, 0.25) is 0 Å². The number of aromatic nitrogens is 1. The van der Waals surface area contributed by atoms with Crippen molar-refractivity contribution in [2.45, 2.75) is 18.7 Å². The van der Waals surface area contributed by atoms with Gasteiger partial charge in [0.05, 0.1) is 11.7 Å². The summed E-state index contributed by atoms with van der Waals surface area (Å²) < 4.78 is 26.7. The monoisotopic (exact) mass is 259 g/mol. The van der Waals surface area contributed by atoms with Crippen molar-refractivity contribution < 1.29 is 18.3 Å². The summed E-state index contributed by atoms with van der Waals surface area (Å²) in [4.78, 5) is 10.7. The third-order valence-corrected chi connectivity index (χ3v) is 4.55. The Bertz CT molecular complexity index is 514. The lowest BCUT2D eigenvalue weighted by atomic mass is 10.4. The first kappa shape index (κ1) is 13.7. The molecule has 96 valence electrons. The summed E-state index contributed by atoms with van der Waals surface area (Å²) in [6.07, 6.45) is 1.28. The minimum Gasteiger partial charge on any atom is -0.543 e. The number of hydrogen-bond donors (Lipinski definition) is 0. The number of aromatic carboxylic acids is 1. The molecule has 0 bridgehead atoms. The summed E-state index contributed by atoms with van der Waals surface area (Å²) in [5.41, 5.74) is -0.157. The molecule has 0 saturated carbocycles. The summed E-state index contributed by atoms with van der Waals surface area (Å²) in [5, 5.41) is 10.7. The maximum atomic E-state index is 12.1. The fourth-order valence-corrected chi connectivity index (χ4v) is 3.12. The van der Waals surface area contributed by atoms with Gasteiger partial charge in [0.15, 0.2) is 0 Å². The van der Waals surface area contributed by atoms with Crippen LogP contribution in [-0.4, -0.2) is 36.3 Å². The van der Waals surface area contributed by atoms with Gasteiger partial charge >= 0.3 is 0 Å². The van der Waals surface area contributed by atoms with E-state index >= 15 is 0 Å². The van der Waals surface area contributed by atoms with Gasteiger partial charge in [-0.1, -0.05) is 13.8 Å². The molecule has 1 heterocycles. The second kappa shape index (κ2) is 4.89. The molecule has 17 heavy (non-hydrogen) atoms. The molecule has 0 aliphatic carbocycles. The van der Waals surface area contributed by atoms with Crippen molar-refractivity contribution in [3.05, 3.63) is 18.0 Å². The highest BCUT2D eigenvalue weighted by Crippen LogP contribution is 2.17. The van der Waals surface area contributed by atoms with Crippen LogP contribution >= 0.6 is 0 Å². The van der Waals surface area contributed by atoms with Gasteiger partial charge in [-0.05, 0) is 6.07 Å². The fraction of sp³-hybridized carbons (Fsp3) is 0.500. The van der Waals surface area contributed by atoms with Gasteiger partial charge in [-0.25, -0.2) is 8.42 Å². The highest BCUT2D eigenvalue weighted by Gasteiger charge is 2.23. The molecule has 0 atom stereocenters. The molecule has 0 spiro atoms. The number of carbonyl (C=O) groups is 1. The van der Waals surface area contributed by atoms with Gasteiger partial charge in [0, 0.05) is 26.3 Å². The number of carboxylic acids is 1. The third-order valence-electron chi connectivity index (χ3n) is 2.53. The quantitative estimate of drug-likeness (QED) is 0.708. The normalized spacial score (nSPS) is 12.0. The van der Waals surface area contributed by atoms with Gasteiger partial charge in [-0.2, -0.15) is 4.31 Å². The first-order chi connectivity index (χ1) is 7.84. The van der Waals surface area contributed by atoms with Crippen LogP contribution in [0.3, 0.4) is 0 Å². The van der Waals surface area contributed by atoms with Crippen molar-refractivity contribution in [2.24, 2.45) is 7.05 Å². The van der Waals surface area contributed by atoms with Gasteiger partial charge in [0.2, 0.25) is 10.0 Å². The van der Waals surface area contributed by atoms with E-state index in [0.29, 0.717) is 13.1 Å². The summed E-state index contributed by atoms with van der Waals surface area (Å²) in [7, 11) is -2.15. The lowest BCUT2D eigenvalue weighted by molar-refractivity contribution is -0.255. The Morgan fingerprint density at radius 2 is 1.94 bits per heavy atom. The summed E-state index contributed by atoms with van der Waals surface area (Å²) in [6, 6.07) is 1.11. The van der Waals surface area contributed by atoms with Crippen molar-refractivity contribution in [3.8, 4) is 0 Å². The van der Waals surface area contributed by atoms with Crippen molar-refractivity contribution in [3.63, 3.8) is 0 Å². The van der Waals surface area contributed by atoms with Gasteiger partial charge < -0.3 is 14.5 Å². The Balaban J connectivity index is 3.25. The Kier molecular flexibility index (Phi) is 3.94. The average Bonchev–Trinajstić information content (AvgIpc) is 2.62. The molecule has 1 aromatic heterocycles. The molecule has 0 aliphatic rings. The van der Waals surface area contributed by atoms with Crippen LogP contribution < -0.4 is 5.11 Å². The number of carboxylic acid groups (broad SMARTS) is 1. The molecule has 1 rings (SSSR count). The molecular formula is C10H15N2O4S-. The minimum absolute atomic E-state index is 0.0251. The van der Waals surface area contributed by atoms with E-state index < -0.39 is 16.0 Å². The highest BCUT2D eigenvalue weighted by molar-refractivity contribution is 7.89. The van der Waals surface area contributed by atoms with E-state index in [1.165, 1.54) is 22.1 Å². The van der Waals surface area contributed by atoms with E-state index in [1.54, 1.807) is 13.8 Å². The number of rotatable bonds is 5. The maximum absolute atomic E-state index is 12.1. The molecule has 0 unspecified atom stereocenters. The van der Waals surface area contributed by atoms with Crippen LogP contribution in [0.25, 0.3) is 0 Å². The number of sulfonamides is 1. The van der Waals surface area contributed by atoms with Crippen LogP contribution in [0, 0.1) is 0 Å². The maximum Gasteiger partial charge on any atom is 0.244 e. The van der Waals surface area contributed by atoms with E-state index in [2.05, 4.69) is 0 Å². The van der Waals surface area contributed by atoms with Crippen molar-refractivity contribution in [1.29, 1.82) is 0 Å². The summed E-state index contributed by atoms with van der Waals surface area (Å²) >= 11 is 0. The molecule has 0 amide bonds.